The lowest BCUT2D eigenvalue weighted by Crippen LogP contribution is -1.90. The van der Waals surface area contributed by atoms with E-state index in [1.54, 1.807) is 37.6 Å². The smallest absolute Gasteiger partial charge is 0.212 e. The van der Waals surface area contributed by atoms with E-state index in [0.717, 1.165) is 11.1 Å². The van der Waals surface area contributed by atoms with Gasteiger partial charge in [0, 0.05) is 23.4 Å². The van der Waals surface area contributed by atoms with Crippen molar-refractivity contribution in [1.82, 2.24) is 4.98 Å². The number of nitrogens with zero attached hydrogens (tertiary/aromatic N) is 2. The second kappa shape index (κ2) is 5.18. The molecular formula is C13H13N3O2. The van der Waals surface area contributed by atoms with E-state index in [1.165, 1.54) is 6.21 Å². The topological polar surface area (TPSA) is 80.7 Å². The van der Waals surface area contributed by atoms with Crippen LogP contribution in [0.5, 0.6) is 11.6 Å². The van der Waals surface area contributed by atoms with Crippen LogP contribution in [0.15, 0.2) is 41.6 Å². The first-order valence-corrected chi connectivity index (χ1v) is 5.31. The van der Waals surface area contributed by atoms with E-state index in [4.69, 9.17) is 10.6 Å². The number of benzene rings is 1. The number of hydrazone groups is 1. The largest absolute Gasteiger partial charge is 0.507 e. The molecule has 0 saturated heterocycles. The van der Waals surface area contributed by atoms with Crippen LogP contribution >= 0.6 is 0 Å². The van der Waals surface area contributed by atoms with Gasteiger partial charge in [-0.2, -0.15) is 5.10 Å². The molecule has 5 nitrogen and oxygen atoms in total. The molecule has 5 heteroatoms. The maximum atomic E-state index is 9.61. The van der Waals surface area contributed by atoms with Gasteiger partial charge in [0.05, 0.1) is 13.3 Å². The molecule has 1 aromatic heterocycles. The number of rotatable bonds is 3. The van der Waals surface area contributed by atoms with Crippen molar-refractivity contribution in [3.8, 4) is 22.8 Å². The number of methoxy groups -OCH3 is 1. The molecule has 0 aliphatic heterocycles. The fourth-order valence-electron chi connectivity index (χ4n) is 1.59. The Hall–Kier alpha value is -2.56. The lowest BCUT2D eigenvalue weighted by molar-refractivity contribution is 0.398. The van der Waals surface area contributed by atoms with Crippen LogP contribution in [0.4, 0.5) is 0 Å². The fourth-order valence-corrected chi connectivity index (χ4v) is 1.59. The summed E-state index contributed by atoms with van der Waals surface area (Å²) in [6, 6.07) is 8.85. The molecule has 3 N–H and O–H groups in total. The van der Waals surface area contributed by atoms with Gasteiger partial charge in [-0.05, 0) is 23.8 Å². The van der Waals surface area contributed by atoms with E-state index >= 15 is 0 Å². The quantitative estimate of drug-likeness (QED) is 0.489. The van der Waals surface area contributed by atoms with Crippen molar-refractivity contribution in [3.63, 3.8) is 0 Å². The minimum Gasteiger partial charge on any atom is -0.507 e. The van der Waals surface area contributed by atoms with Gasteiger partial charge in [0.15, 0.2) is 0 Å². The van der Waals surface area contributed by atoms with Gasteiger partial charge in [0.1, 0.15) is 5.75 Å². The monoisotopic (exact) mass is 243 g/mol. The van der Waals surface area contributed by atoms with Crippen LogP contribution in [0, 0.1) is 0 Å². The molecule has 0 aliphatic carbocycles. The van der Waals surface area contributed by atoms with Gasteiger partial charge >= 0.3 is 0 Å². The Labute approximate surface area is 105 Å². The molecule has 2 aromatic rings. The highest BCUT2D eigenvalue weighted by Gasteiger charge is 2.03. The second-order valence-corrected chi connectivity index (χ2v) is 3.64. The average Bonchev–Trinajstić information content (AvgIpc) is 2.42. The standard InChI is InChI=1S/C13H13N3O2/c1-18-13-5-3-10(7-15-13)9-2-4-12(17)11(6-9)8-16-14/h2-8,17H,14H2,1H3. The number of pyridine rings is 1. The molecule has 2 rings (SSSR count). The lowest BCUT2D eigenvalue weighted by Gasteiger charge is -2.05. The molecule has 0 bridgehead atoms. The Morgan fingerprint density at radius 3 is 2.67 bits per heavy atom. The molecule has 0 spiro atoms. The first-order valence-electron chi connectivity index (χ1n) is 5.31. The molecule has 0 fully saturated rings. The number of phenolic OH excluding ortho intramolecular Hbond substituents is 1. The number of ether oxygens (including phenoxy) is 1. The lowest BCUT2D eigenvalue weighted by atomic mass is 10.0. The zero-order chi connectivity index (χ0) is 13.0. The van der Waals surface area contributed by atoms with Crippen molar-refractivity contribution in [3.05, 3.63) is 42.1 Å². The van der Waals surface area contributed by atoms with Crippen LogP contribution < -0.4 is 10.6 Å². The van der Waals surface area contributed by atoms with Gasteiger partial charge in [-0.25, -0.2) is 4.98 Å². The third-order valence-electron chi connectivity index (χ3n) is 2.52. The van der Waals surface area contributed by atoms with E-state index in [1.807, 2.05) is 6.07 Å². The van der Waals surface area contributed by atoms with E-state index in [0.29, 0.717) is 11.4 Å². The van der Waals surface area contributed by atoms with E-state index in [-0.39, 0.29) is 5.75 Å². The van der Waals surface area contributed by atoms with Crippen LogP contribution in [0.3, 0.4) is 0 Å². The van der Waals surface area contributed by atoms with E-state index in [2.05, 4.69) is 10.1 Å². The molecule has 0 saturated carbocycles. The van der Waals surface area contributed by atoms with Gasteiger partial charge in [0.2, 0.25) is 5.88 Å². The summed E-state index contributed by atoms with van der Waals surface area (Å²) in [6.07, 6.45) is 3.10. The molecular weight excluding hydrogens is 230 g/mol. The molecule has 0 amide bonds. The third-order valence-corrected chi connectivity index (χ3v) is 2.52. The van der Waals surface area contributed by atoms with Gasteiger partial charge in [-0.3, -0.25) is 0 Å². The highest BCUT2D eigenvalue weighted by atomic mass is 16.5. The van der Waals surface area contributed by atoms with Crippen molar-refractivity contribution >= 4 is 6.21 Å². The normalized spacial score (nSPS) is 10.7. The summed E-state index contributed by atoms with van der Waals surface area (Å²) in [7, 11) is 1.57. The minimum absolute atomic E-state index is 0.134. The summed E-state index contributed by atoms with van der Waals surface area (Å²) in [4.78, 5) is 4.13. The number of nitrogens with two attached hydrogens (primary N) is 1. The summed E-state index contributed by atoms with van der Waals surface area (Å²) >= 11 is 0. The van der Waals surface area contributed by atoms with Gasteiger partial charge in [-0.1, -0.05) is 6.07 Å². The molecule has 0 atom stereocenters. The predicted octanol–water partition coefficient (Wildman–Crippen LogP) is 1.76. The van der Waals surface area contributed by atoms with Gasteiger partial charge < -0.3 is 15.7 Å². The Morgan fingerprint density at radius 1 is 1.28 bits per heavy atom. The summed E-state index contributed by atoms with van der Waals surface area (Å²) in [5.74, 6) is 5.78. The third kappa shape index (κ3) is 2.40. The van der Waals surface area contributed by atoms with E-state index < -0.39 is 0 Å². The first kappa shape index (κ1) is 11.9. The van der Waals surface area contributed by atoms with Crippen LogP contribution in [0.25, 0.3) is 11.1 Å². The van der Waals surface area contributed by atoms with Gasteiger partial charge in [0.25, 0.3) is 0 Å². The zero-order valence-electron chi connectivity index (χ0n) is 9.87. The van der Waals surface area contributed by atoms with Crippen molar-refractivity contribution in [2.45, 2.75) is 0 Å². The Balaban J connectivity index is 2.40. The average molecular weight is 243 g/mol. The highest BCUT2D eigenvalue weighted by molar-refractivity contribution is 5.85. The van der Waals surface area contributed by atoms with Crippen LogP contribution in [0.1, 0.15) is 5.56 Å². The second-order valence-electron chi connectivity index (χ2n) is 3.64. The summed E-state index contributed by atoms with van der Waals surface area (Å²) in [6.45, 7) is 0. The molecule has 92 valence electrons. The molecule has 1 heterocycles. The Morgan fingerprint density at radius 2 is 2.06 bits per heavy atom. The number of phenols is 1. The van der Waals surface area contributed by atoms with Crippen LogP contribution in [-0.2, 0) is 0 Å². The molecule has 0 aliphatic rings. The number of hydrogen-bond acceptors (Lipinski definition) is 5. The van der Waals surface area contributed by atoms with Crippen molar-refractivity contribution in [2.75, 3.05) is 7.11 Å². The molecule has 1 aromatic carbocycles. The first-order chi connectivity index (χ1) is 8.74. The number of aromatic nitrogens is 1. The summed E-state index contributed by atoms with van der Waals surface area (Å²) in [5.41, 5.74) is 2.39. The molecule has 0 unspecified atom stereocenters. The Kier molecular flexibility index (Phi) is 3.43. The number of hydrogen-bond donors (Lipinski definition) is 2. The zero-order valence-corrected chi connectivity index (χ0v) is 9.87. The Bertz CT molecular complexity index is 565. The van der Waals surface area contributed by atoms with Crippen molar-refractivity contribution < 1.29 is 9.84 Å². The highest BCUT2D eigenvalue weighted by Crippen LogP contribution is 2.25. The van der Waals surface area contributed by atoms with Crippen LogP contribution in [0.2, 0.25) is 0 Å². The predicted molar refractivity (Wildman–Crippen MR) is 69.7 cm³/mol. The van der Waals surface area contributed by atoms with Gasteiger partial charge in [-0.15, -0.1) is 0 Å². The van der Waals surface area contributed by atoms with Crippen LogP contribution in [-0.4, -0.2) is 23.4 Å². The maximum absolute atomic E-state index is 9.61. The van der Waals surface area contributed by atoms with E-state index in [9.17, 15) is 5.11 Å². The SMILES string of the molecule is COc1ccc(-c2ccc(O)c(C=NN)c2)cn1. The summed E-state index contributed by atoms with van der Waals surface area (Å²) in [5, 5.41) is 13.0. The fraction of sp³-hybridized carbons (Fsp3) is 0.0769. The molecule has 0 radical (unpaired) electrons. The number of aromatic hydroxyl groups is 1. The minimum atomic E-state index is 0.134. The maximum Gasteiger partial charge on any atom is 0.212 e. The summed E-state index contributed by atoms with van der Waals surface area (Å²) < 4.78 is 5.00. The van der Waals surface area contributed by atoms with Crippen molar-refractivity contribution in [2.24, 2.45) is 10.9 Å². The molecule has 18 heavy (non-hydrogen) atoms. The van der Waals surface area contributed by atoms with Crippen molar-refractivity contribution in [1.29, 1.82) is 0 Å².